The molecule has 0 amide bonds. The van der Waals surface area contributed by atoms with Crippen molar-refractivity contribution in [3.05, 3.63) is 42.9 Å². The fraction of sp³-hybridized carbons (Fsp3) is 0.143. The summed E-state index contributed by atoms with van der Waals surface area (Å²) < 4.78 is 37.0. The molecule has 0 bridgehead atoms. The maximum Gasteiger partial charge on any atom is 0.382 e. The molecule has 3 aromatic rings. The molecular weight excluding hydrogens is 320 g/mol. The van der Waals surface area contributed by atoms with Gasteiger partial charge in [0.25, 0.3) is 0 Å². The zero-order chi connectivity index (χ0) is 16.4. The average molecular weight is 334 g/mol. The number of imidazole rings is 1. The van der Waals surface area contributed by atoms with Crippen molar-refractivity contribution in [3.8, 4) is 22.8 Å². The van der Waals surface area contributed by atoms with E-state index in [4.69, 9.17) is 8.92 Å². The number of nitrogens with one attached hydrogen (secondary N) is 1. The van der Waals surface area contributed by atoms with Crippen molar-refractivity contribution >= 4 is 16.1 Å². The number of aromatic nitrogens is 3. The molecule has 0 aliphatic rings. The third-order valence-corrected chi connectivity index (χ3v) is 4.05. The molecule has 0 spiro atoms. The zero-order valence-electron chi connectivity index (χ0n) is 12.4. The van der Waals surface area contributed by atoms with Crippen LogP contribution in [0.25, 0.3) is 17.0 Å². The van der Waals surface area contributed by atoms with E-state index in [1.54, 1.807) is 22.7 Å². The Labute approximate surface area is 133 Å². The summed E-state index contributed by atoms with van der Waals surface area (Å²) >= 11 is 0. The molecule has 0 atom stereocenters. The van der Waals surface area contributed by atoms with Crippen LogP contribution in [0.5, 0.6) is 11.5 Å². The highest BCUT2D eigenvalue weighted by Crippen LogP contribution is 2.33. The van der Waals surface area contributed by atoms with Crippen LogP contribution in [0.15, 0.2) is 42.9 Å². The van der Waals surface area contributed by atoms with Crippen LogP contribution in [0.1, 0.15) is 0 Å². The number of fused-ring (bicyclic) bond motifs is 1. The first-order valence-electron chi connectivity index (χ1n) is 6.63. The maximum absolute atomic E-state index is 11.4. The van der Waals surface area contributed by atoms with E-state index in [2.05, 4.69) is 14.7 Å². The molecule has 1 N–H and O–H groups in total. The molecule has 0 saturated heterocycles. The molecule has 0 radical (unpaired) electrons. The number of methoxy groups -OCH3 is 1. The third kappa shape index (κ3) is 3.10. The minimum atomic E-state index is -3.83. The highest BCUT2D eigenvalue weighted by Gasteiger charge is 2.15. The molecule has 0 saturated carbocycles. The minimum absolute atomic E-state index is 0.141. The molecule has 2 aromatic heterocycles. The molecule has 120 valence electrons. The van der Waals surface area contributed by atoms with Crippen LogP contribution >= 0.6 is 0 Å². The van der Waals surface area contributed by atoms with E-state index in [-0.39, 0.29) is 5.75 Å². The first kappa shape index (κ1) is 15.3. The van der Waals surface area contributed by atoms with Crippen LogP contribution in [-0.4, -0.2) is 36.9 Å². The fourth-order valence-corrected chi connectivity index (χ4v) is 2.50. The van der Waals surface area contributed by atoms with Gasteiger partial charge in [0.15, 0.2) is 0 Å². The molecule has 0 aliphatic carbocycles. The van der Waals surface area contributed by atoms with Gasteiger partial charge in [-0.1, -0.05) is 0 Å². The standard InChI is InChI=1S/C14H14N4O4S/c1-15-23(19,20)22-10-4-5-11(13(8-10)21-2)12-9-18-7-3-6-16-14(18)17-12/h3-9,15H,1-2H3. The van der Waals surface area contributed by atoms with Crippen molar-refractivity contribution < 1.29 is 17.3 Å². The van der Waals surface area contributed by atoms with Gasteiger partial charge >= 0.3 is 10.3 Å². The Bertz CT molecular complexity index is 919. The molecule has 3 rings (SSSR count). The van der Waals surface area contributed by atoms with Crippen molar-refractivity contribution in [1.29, 1.82) is 0 Å². The predicted molar refractivity (Wildman–Crippen MR) is 83.6 cm³/mol. The van der Waals surface area contributed by atoms with Gasteiger partial charge in [-0.25, -0.2) is 9.97 Å². The van der Waals surface area contributed by atoms with Gasteiger partial charge in [-0.05, 0) is 18.2 Å². The van der Waals surface area contributed by atoms with Crippen molar-refractivity contribution in [3.63, 3.8) is 0 Å². The summed E-state index contributed by atoms with van der Waals surface area (Å²) in [5, 5.41) is 0. The molecule has 2 heterocycles. The van der Waals surface area contributed by atoms with E-state index < -0.39 is 10.3 Å². The van der Waals surface area contributed by atoms with Crippen molar-refractivity contribution in [2.24, 2.45) is 0 Å². The van der Waals surface area contributed by atoms with E-state index in [9.17, 15) is 8.42 Å². The maximum atomic E-state index is 11.4. The Morgan fingerprint density at radius 1 is 1.30 bits per heavy atom. The van der Waals surface area contributed by atoms with Crippen molar-refractivity contribution in [2.75, 3.05) is 14.2 Å². The largest absolute Gasteiger partial charge is 0.496 e. The van der Waals surface area contributed by atoms with Gasteiger partial charge in [0.2, 0.25) is 5.78 Å². The Kier molecular flexibility index (Phi) is 3.89. The molecule has 23 heavy (non-hydrogen) atoms. The fourth-order valence-electron chi connectivity index (χ4n) is 2.06. The highest BCUT2D eigenvalue weighted by atomic mass is 32.2. The lowest BCUT2D eigenvalue weighted by atomic mass is 10.1. The van der Waals surface area contributed by atoms with E-state index in [1.807, 2.05) is 12.4 Å². The van der Waals surface area contributed by atoms with Crippen molar-refractivity contribution in [2.45, 2.75) is 0 Å². The van der Waals surface area contributed by atoms with Crippen molar-refractivity contribution in [1.82, 2.24) is 19.1 Å². The van der Waals surface area contributed by atoms with Crippen LogP contribution < -0.4 is 13.6 Å². The van der Waals surface area contributed by atoms with Crippen LogP contribution in [0.4, 0.5) is 0 Å². The molecule has 1 aromatic carbocycles. The first-order chi connectivity index (χ1) is 11.0. The lowest BCUT2D eigenvalue weighted by Crippen LogP contribution is -2.24. The third-order valence-electron chi connectivity index (χ3n) is 3.14. The van der Waals surface area contributed by atoms with Crippen LogP contribution in [0, 0.1) is 0 Å². The smallest absolute Gasteiger partial charge is 0.382 e. The molecule has 8 nitrogen and oxygen atoms in total. The van der Waals surface area contributed by atoms with Gasteiger partial charge in [0, 0.05) is 37.3 Å². The Morgan fingerprint density at radius 2 is 2.13 bits per heavy atom. The molecular formula is C14H14N4O4S. The van der Waals surface area contributed by atoms with E-state index >= 15 is 0 Å². The predicted octanol–water partition coefficient (Wildman–Crippen LogP) is 1.25. The Morgan fingerprint density at radius 3 is 2.83 bits per heavy atom. The topological polar surface area (TPSA) is 94.8 Å². The monoisotopic (exact) mass is 334 g/mol. The molecule has 0 aliphatic heterocycles. The Hall–Kier alpha value is -2.65. The normalized spacial score (nSPS) is 11.6. The summed E-state index contributed by atoms with van der Waals surface area (Å²) in [7, 11) is -1.07. The van der Waals surface area contributed by atoms with Gasteiger partial charge < -0.3 is 8.92 Å². The van der Waals surface area contributed by atoms with E-state index in [1.165, 1.54) is 26.3 Å². The number of rotatable bonds is 5. The van der Waals surface area contributed by atoms with Gasteiger partial charge in [0.05, 0.1) is 12.8 Å². The zero-order valence-corrected chi connectivity index (χ0v) is 13.2. The molecule has 0 fully saturated rings. The summed E-state index contributed by atoms with van der Waals surface area (Å²) in [6, 6.07) is 6.50. The number of ether oxygens (including phenoxy) is 1. The summed E-state index contributed by atoms with van der Waals surface area (Å²) in [6.45, 7) is 0. The SMILES string of the molecule is CNS(=O)(=O)Oc1ccc(-c2cn3cccnc3n2)c(OC)c1. The lowest BCUT2D eigenvalue weighted by molar-refractivity contribution is 0.413. The second-order valence-corrected chi connectivity index (χ2v) is 6.04. The summed E-state index contributed by atoms with van der Waals surface area (Å²) in [5.41, 5.74) is 1.36. The minimum Gasteiger partial charge on any atom is -0.496 e. The van der Waals surface area contributed by atoms with Gasteiger partial charge in [-0.3, -0.25) is 4.40 Å². The summed E-state index contributed by atoms with van der Waals surface area (Å²) in [6.07, 6.45) is 5.30. The van der Waals surface area contributed by atoms with Gasteiger partial charge in [-0.15, -0.1) is 0 Å². The van der Waals surface area contributed by atoms with Crippen LogP contribution in [0.2, 0.25) is 0 Å². The number of nitrogens with zero attached hydrogens (tertiary/aromatic N) is 3. The van der Waals surface area contributed by atoms with Gasteiger partial charge in [0.1, 0.15) is 11.5 Å². The Balaban J connectivity index is 2.02. The van der Waals surface area contributed by atoms with Gasteiger partial charge in [-0.2, -0.15) is 13.1 Å². The summed E-state index contributed by atoms with van der Waals surface area (Å²) in [4.78, 5) is 8.57. The molecule has 0 unspecified atom stereocenters. The number of benzene rings is 1. The van der Waals surface area contributed by atoms with E-state index in [0.29, 0.717) is 22.8 Å². The quantitative estimate of drug-likeness (QED) is 0.754. The first-order valence-corrected chi connectivity index (χ1v) is 8.04. The second-order valence-electron chi connectivity index (χ2n) is 4.56. The van der Waals surface area contributed by atoms with Crippen LogP contribution in [-0.2, 0) is 10.3 Å². The highest BCUT2D eigenvalue weighted by molar-refractivity contribution is 7.85. The second kappa shape index (κ2) is 5.86. The molecule has 9 heteroatoms. The van der Waals surface area contributed by atoms with E-state index in [0.717, 1.165) is 0 Å². The number of hydrogen-bond acceptors (Lipinski definition) is 6. The average Bonchev–Trinajstić information content (AvgIpc) is 2.98. The number of hydrogen-bond donors (Lipinski definition) is 1. The van der Waals surface area contributed by atoms with Crippen LogP contribution in [0.3, 0.4) is 0 Å². The summed E-state index contributed by atoms with van der Waals surface area (Å²) in [5.74, 6) is 1.14. The lowest BCUT2D eigenvalue weighted by Gasteiger charge is -2.10.